The van der Waals surface area contributed by atoms with Gasteiger partial charge >= 0.3 is 0 Å². The van der Waals surface area contributed by atoms with Crippen LogP contribution in [-0.2, 0) is 6.42 Å². The average molecular weight is 286 g/mol. The van der Waals surface area contributed by atoms with E-state index < -0.39 is 23.5 Å². The lowest BCUT2D eigenvalue weighted by Crippen LogP contribution is -2.16. The first-order valence-electron chi connectivity index (χ1n) is 5.62. The molecule has 19 heavy (non-hydrogen) atoms. The molecule has 0 fully saturated rings. The Labute approximate surface area is 113 Å². The van der Waals surface area contributed by atoms with E-state index in [0.717, 1.165) is 18.2 Å². The monoisotopic (exact) mass is 285 g/mol. The van der Waals surface area contributed by atoms with Gasteiger partial charge in [-0.2, -0.15) is 0 Å². The van der Waals surface area contributed by atoms with Crippen LogP contribution in [0.15, 0.2) is 36.4 Å². The topological polar surface area (TPSA) is 26.0 Å². The first-order valence-corrected chi connectivity index (χ1v) is 5.99. The first kappa shape index (κ1) is 13.9. The Morgan fingerprint density at radius 1 is 1.00 bits per heavy atom. The van der Waals surface area contributed by atoms with Gasteiger partial charge < -0.3 is 5.73 Å². The Hall–Kier alpha value is -1.52. The van der Waals surface area contributed by atoms with E-state index in [-0.39, 0.29) is 17.5 Å². The van der Waals surface area contributed by atoms with Gasteiger partial charge in [0.15, 0.2) is 0 Å². The minimum atomic E-state index is -0.844. The molecule has 0 saturated heterocycles. The van der Waals surface area contributed by atoms with Crippen LogP contribution in [0.25, 0.3) is 0 Å². The molecule has 2 aromatic carbocycles. The molecule has 1 nitrogen and oxygen atoms in total. The molecule has 1 unspecified atom stereocenters. The van der Waals surface area contributed by atoms with E-state index in [9.17, 15) is 13.2 Å². The van der Waals surface area contributed by atoms with Crippen molar-refractivity contribution >= 4 is 11.6 Å². The van der Waals surface area contributed by atoms with E-state index in [1.54, 1.807) is 0 Å². The van der Waals surface area contributed by atoms with Crippen LogP contribution in [0.1, 0.15) is 17.2 Å². The molecule has 2 rings (SSSR count). The highest BCUT2D eigenvalue weighted by molar-refractivity contribution is 6.30. The lowest BCUT2D eigenvalue weighted by molar-refractivity contribution is 0.550. The van der Waals surface area contributed by atoms with Gasteiger partial charge in [-0.15, -0.1) is 0 Å². The summed E-state index contributed by atoms with van der Waals surface area (Å²) in [4.78, 5) is 0. The molecule has 0 aromatic heterocycles. The predicted molar refractivity (Wildman–Crippen MR) is 68.4 cm³/mol. The van der Waals surface area contributed by atoms with E-state index in [0.29, 0.717) is 5.02 Å². The Morgan fingerprint density at radius 3 is 2.42 bits per heavy atom. The third-order valence-corrected chi connectivity index (χ3v) is 3.04. The summed E-state index contributed by atoms with van der Waals surface area (Å²) >= 11 is 5.76. The van der Waals surface area contributed by atoms with Crippen molar-refractivity contribution in [3.8, 4) is 0 Å². The molecule has 0 spiro atoms. The summed E-state index contributed by atoms with van der Waals surface area (Å²) in [6, 6.07) is 6.23. The number of halogens is 4. The Bertz CT molecular complexity index is 601. The second kappa shape index (κ2) is 5.63. The molecule has 0 bridgehead atoms. The highest BCUT2D eigenvalue weighted by Crippen LogP contribution is 2.23. The van der Waals surface area contributed by atoms with Gasteiger partial charge in [0.25, 0.3) is 0 Å². The molecule has 0 amide bonds. The molecule has 0 aliphatic rings. The second-order valence-corrected chi connectivity index (χ2v) is 4.65. The van der Waals surface area contributed by atoms with Crippen LogP contribution < -0.4 is 5.73 Å². The zero-order valence-corrected chi connectivity index (χ0v) is 10.6. The highest BCUT2D eigenvalue weighted by Gasteiger charge is 2.15. The van der Waals surface area contributed by atoms with Crippen LogP contribution in [0.4, 0.5) is 13.2 Å². The number of hydrogen-bond acceptors (Lipinski definition) is 1. The van der Waals surface area contributed by atoms with Gasteiger partial charge in [-0.05, 0) is 48.4 Å². The summed E-state index contributed by atoms with van der Waals surface area (Å²) in [6.45, 7) is 0. The van der Waals surface area contributed by atoms with Gasteiger partial charge in [-0.25, -0.2) is 13.2 Å². The van der Waals surface area contributed by atoms with E-state index in [4.69, 9.17) is 17.3 Å². The number of hydrogen-bond donors (Lipinski definition) is 1. The van der Waals surface area contributed by atoms with Crippen LogP contribution in [0.2, 0.25) is 5.02 Å². The molecule has 0 heterocycles. The quantitative estimate of drug-likeness (QED) is 0.906. The summed E-state index contributed by atoms with van der Waals surface area (Å²) in [5.74, 6) is -1.67. The lowest BCUT2D eigenvalue weighted by atomic mass is 9.99. The van der Waals surface area contributed by atoms with Crippen molar-refractivity contribution in [1.82, 2.24) is 0 Å². The minimum absolute atomic E-state index is 0.0133. The van der Waals surface area contributed by atoms with Crippen molar-refractivity contribution in [3.63, 3.8) is 0 Å². The molecule has 2 aromatic rings. The van der Waals surface area contributed by atoms with Gasteiger partial charge in [-0.3, -0.25) is 0 Å². The van der Waals surface area contributed by atoms with E-state index >= 15 is 0 Å². The van der Waals surface area contributed by atoms with Crippen LogP contribution in [0.3, 0.4) is 0 Å². The highest BCUT2D eigenvalue weighted by atomic mass is 35.5. The van der Waals surface area contributed by atoms with Gasteiger partial charge in [0.1, 0.15) is 17.5 Å². The van der Waals surface area contributed by atoms with Crippen LogP contribution in [0.5, 0.6) is 0 Å². The molecule has 0 aliphatic heterocycles. The van der Waals surface area contributed by atoms with E-state index in [1.165, 1.54) is 18.2 Å². The van der Waals surface area contributed by atoms with Crippen molar-refractivity contribution < 1.29 is 13.2 Å². The van der Waals surface area contributed by atoms with Crippen LogP contribution in [0, 0.1) is 17.5 Å². The Kier molecular flexibility index (Phi) is 4.12. The van der Waals surface area contributed by atoms with E-state index in [2.05, 4.69) is 0 Å². The zero-order chi connectivity index (χ0) is 14.0. The maximum atomic E-state index is 13.5. The third-order valence-electron chi connectivity index (χ3n) is 2.81. The Balaban J connectivity index is 2.27. The standard InChI is InChI=1S/C14H11ClF3N/c15-9-1-3-12(17)8(5-9)6-14(19)11-7-10(16)2-4-13(11)18/h1-5,7,14H,6,19H2. The number of rotatable bonds is 3. The maximum absolute atomic E-state index is 13.5. The van der Waals surface area contributed by atoms with Crippen molar-refractivity contribution in [2.75, 3.05) is 0 Å². The van der Waals surface area contributed by atoms with Crippen molar-refractivity contribution in [2.24, 2.45) is 5.73 Å². The second-order valence-electron chi connectivity index (χ2n) is 4.21. The minimum Gasteiger partial charge on any atom is -0.324 e. The smallest absolute Gasteiger partial charge is 0.128 e. The fraction of sp³-hybridized carbons (Fsp3) is 0.143. The zero-order valence-electron chi connectivity index (χ0n) is 9.84. The third kappa shape index (κ3) is 3.28. The number of benzene rings is 2. The normalized spacial score (nSPS) is 12.5. The summed E-state index contributed by atoms with van der Waals surface area (Å²) in [6.07, 6.45) is 0.0345. The largest absolute Gasteiger partial charge is 0.324 e. The predicted octanol–water partition coefficient (Wildman–Crippen LogP) is 4.00. The summed E-state index contributed by atoms with van der Waals surface area (Å²) in [7, 11) is 0. The average Bonchev–Trinajstić information content (AvgIpc) is 2.36. The molecular formula is C14H11ClF3N. The fourth-order valence-electron chi connectivity index (χ4n) is 1.85. The van der Waals surface area contributed by atoms with E-state index in [1.807, 2.05) is 0 Å². The number of nitrogens with two attached hydrogens (primary N) is 1. The Morgan fingerprint density at radius 2 is 1.68 bits per heavy atom. The molecule has 2 N–H and O–H groups in total. The maximum Gasteiger partial charge on any atom is 0.128 e. The van der Waals surface area contributed by atoms with Crippen LogP contribution in [-0.4, -0.2) is 0 Å². The molecule has 0 aliphatic carbocycles. The molecule has 100 valence electrons. The fourth-order valence-corrected chi connectivity index (χ4v) is 2.04. The first-order chi connectivity index (χ1) is 8.97. The van der Waals surface area contributed by atoms with Gasteiger partial charge in [0, 0.05) is 16.6 Å². The van der Waals surface area contributed by atoms with Gasteiger partial charge in [0.2, 0.25) is 0 Å². The van der Waals surface area contributed by atoms with Gasteiger partial charge in [-0.1, -0.05) is 11.6 Å². The SMILES string of the molecule is NC(Cc1cc(Cl)ccc1F)c1cc(F)ccc1F. The van der Waals surface area contributed by atoms with Gasteiger partial charge in [0.05, 0.1) is 0 Å². The van der Waals surface area contributed by atoms with Crippen molar-refractivity contribution in [1.29, 1.82) is 0 Å². The van der Waals surface area contributed by atoms with Crippen LogP contribution >= 0.6 is 11.6 Å². The lowest BCUT2D eigenvalue weighted by Gasteiger charge is -2.14. The molecule has 1 atom stereocenters. The molecule has 0 saturated carbocycles. The molecular weight excluding hydrogens is 275 g/mol. The molecule has 0 radical (unpaired) electrons. The van der Waals surface area contributed by atoms with Crippen molar-refractivity contribution in [3.05, 3.63) is 70.0 Å². The molecule has 5 heteroatoms. The van der Waals surface area contributed by atoms with Crippen molar-refractivity contribution in [2.45, 2.75) is 12.5 Å². The summed E-state index contributed by atoms with van der Waals surface area (Å²) in [5.41, 5.74) is 6.08. The summed E-state index contributed by atoms with van der Waals surface area (Å²) in [5, 5.41) is 0.364. The summed E-state index contributed by atoms with van der Waals surface area (Å²) < 4.78 is 40.2.